The first-order chi connectivity index (χ1) is 7.26. The van der Waals surface area contributed by atoms with Crippen LogP contribution in [0.4, 0.5) is 0 Å². The molecule has 0 atom stereocenters. The third-order valence-electron chi connectivity index (χ3n) is 1.33. The number of hydrogen-bond acceptors (Lipinski definition) is 6. The Bertz CT molecular complexity index is 340. The van der Waals surface area contributed by atoms with Crippen molar-refractivity contribution in [1.82, 2.24) is 15.5 Å². The summed E-state index contributed by atoms with van der Waals surface area (Å²) in [5.41, 5.74) is 0. The van der Waals surface area contributed by atoms with Crippen LogP contribution in [0.5, 0.6) is 0 Å². The third kappa shape index (κ3) is 4.67. The summed E-state index contributed by atoms with van der Waals surface area (Å²) in [5.74, 6) is 0.359. The molecule has 1 aromatic rings. The van der Waals surface area contributed by atoms with Crippen molar-refractivity contribution in [3.63, 3.8) is 0 Å². The zero-order valence-electron chi connectivity index (χ0n) is 8.23. The van der Waals surface area contributed by atoms with Crippen LogP contribution in [-0.4, -0.2) is 34.7 Å². The van der Waals surface area contributed by atoms with Crippen molar-refractivity contribution in [2.75, 3.05) is 18.6 Å². The highest BCUT2D eigenvalue weighted by atomic mass is 32.2. The van der Waals surface area contributed by atoms with E-state index in [-0.39, 0.29) is 5.91 Å². The van der Waals surface area contributed by atoms with E-state index in [4.69, 9.17) is 0 Å². The lowest BCUT2D eigenvalue weighted by molar-refractivity contribution is -0.118. The third-order valence-corrected chi connectivity index (χ3v) is 4.36. The van der Waals surface area contributed by atoms with Crippen molar-refractivity contribution in [2.45, 2.75) is 8.68 Å². The van der Waals surface area contributed by atoms with E-state index in [1.54, 1.807) is 17.8 Å². The van der Waals surface area contributed by atoms with Crippen LogP contribution in [0.1, 0.15) is 0 Å². The molecule has 0 fully saturated rings. The number of amides is 1. The Morgan fingerprint density at radius 1 is 1.60 bits per heavy atom. The lowest BCUT2D eigenvalue weighted by Gasteiger charge is -1.98. The summed E-state index contributed by atoms with van der Waals surface area (Å²) in [4.78, 5) is 11.2. The molecule has 1 heterocycles. The Labute approximate surface area is 101 Å². The Morgan fingerprint density at radius 2 is 2.33 bits per heavy atom. The van der Waals surface area contributed by atoms with E-state index < -0.39 is 0 Å². The molecule has 0 unspecified atom stereocenters. The van der Waals surface area contributed by atoms with Gasteiger partial charge in [-0.05, 0) is 6.26 Å². The van der Waals surface area contributed by atoms with Crippen LogP contribution in [0, 0.1) is 0 Å². The van der Waals surface area contributed by atoms with Crippen molar-refractivity contribution in [2.24, 2.45) is 0 Å². The number of hydrogen-bond donors (Lipinski definition) is 1. The number of nitrogens with one attached hydrogen (secondary N) is 1. The highest BCUT2D eigenvalue weighted by molar-refractivity contribution is 8.03. The molecule has 1 aromatic heterocycles. The number of rotatable bonds is 6. The topological polar surface area (TPSA) is 54.9 Å². The second kappa shape index (κ2) is 6.86. The molecule has 0 saturated heterocycles. The molecule has 0 aliphatic heterocycles. The van der Waals surface area contributed by atoms with Gasteiger partial charge in [-0.3, -0.25) is 4.79 Å². The molecule has 0 aromatic carbocycles. The summed E-state index contributed by atoms with van der Waals surface area (Å²) in [6.45, 7) is 4.03. The van der Waals surface area contributed by atoms with Gasteiger partial charge in [-0.2, -0.15) is 0 Å². The van der Waals surface area contributed by atoms with Gasteiger partial charge in [0.15, 0.2) is 8.68 Å². The SMILES string of the molecule is C=CCNC(=O)CSc1nnc(SC)s1. The first-order valence-electron chi connectivity index (χ1n) is 4.14. The largest absolute Gasteiger partial charge is 0.352 e. The first-order valence-corrected chi connectivity index (χ1v) is 7.17. The molecule has 82 valence electrons. The van der Waals surface area contributed by atoms with Crippen molar-refractivity contribution in [3.8, 4) is 0 Å². The Morgan fingerprint density at radius 3 is 2.93 bits per heavy atom. The van der Waals surface area contributed by atoms with Crippen LogP contribution < -0.4 is 5.32 Å². The minimum absolute atomic E-state index is 0.0131. The number of nitrogens with zero attached hydrogens (tertiary/aromatic N) is 2. The number of thioether (sulfide) groups is 2. The highest BCUT2D eigenvalue weighted by Gasteiger charge is 2.06. The van der Waals surface area contributed by atoms with E-state index in [1.165, 1.54) is 23.1 Å². The molecule has 15 heavy (non-hydrogen) atoms. The Balaban J connectivity index is 2.30. The summed E-state index contributed by atoms with van der Waals surface area (Å²) in [7, 11) is 0. The second-order valence-corrected chi connectivity index (χ2v) is 5.67. The van der Waals surface area contributed by atoms with Crippen LogP contribution in [0.15, 0.2) is 21.3 Å². The number of carbonyl (C=O) groups is 1. The van der Waals surface area contributed by atoms with Crippen LogP contribution in [0.3, 0.4) is 0 Å². The number of aromatic nitrogens is 2. The maximum absolute atomic E-state index is 11.2. The van der Waals surface area contributed by atoms with E-state index in [0.717, 1.165) is 8.68 Å². The maximum Gasteiger partial charge on any atom is 0.230 e. The van der Waals surface area contributed by atoms with Crippen molar-refractivity contribution >= 4 is 40.8 Å². The molecule has 0 aliphatic rings. The first kappa shape index (κ1) is 12.5. The van der Waals surface area contributed by atoms with Gasteiger partial charge < -0.3 is 5.32 Å². The second-order valence-electron chi connectivity index (χ2n) is 2.42. The minimum Gasteiger partial charge on any atom is -0.352 e. The fourth-order valence-corrected chi connectivity index (χ4v) is 2.97. The van der Waals surface area contributed by atoms with Gasteiger partial charge in [0.1, 0.15) is 0 Å². The van der Waals surface area contributed by atoms with E-state index in [0.29, 0.717) is 12.3 Å². The van der Waals surface area contributed by atoms with Gasteiger partial charge >= 0.3 is 0 Å². The molecule has 0 aliphatic carbocycles. The highest BCUT2D eigenvalue weighted by Crippen LogP contribution is 2.26. The molecule has 1 rings (SSSR count). The lowest BCUT2D eigenvalue weighted by atomic mass is 10.6. The normalized spacial score (nSPS) is 9.93. The summed E-state index contributed by atoms with van der Waals surface area (Å²) in [6.07, 6.45) is 3.60. The van der Waals surface area contributed by atoms with Crippen LogP contribution in [0.25, 0.3) is 0 Å². The molecule has 1 N–H and O–H groups in total. The fourth-order valence-electron chi connectivity index (χ4n) is 0.702. The van der Waals surface area contributed by atoms with Gasteiger partial charge in [0.05, 0.1) is 5.75 Å². The van der Waals surface area contributed by atoms with Crippen molar-refractivity contribution in [3.05, 3.63) is 12.7 Å². The van der Waals surface area contributed by atoms with Crippen molar-refractivity contribution in [1.29, 1.82) is 0 Å². The predicted molar refractivity (Wildman–Crippen MR) is 65.6 cm³/mol. The molecule has 0 radical (unpaired) electrons. The minimum atomic E-state index is -0.0131. The zero-order chi connectivity index (χ0) is 11.1. The van der Waals surface area contributed by atoms with Gasteiger partial charge in [0.2, 0.25) is 5.91 Å². The van der Waals surface area contributed by atoms with Crippen LogP contribution >= 0.6 is 34.9 Å². The van der Waals surface area contributed by atoms with Gasteiger partial charge in [-0.25, -0.2) is 0 Å². The molecule has 4 nitrogen and oxygen atoms in total. The molecule has 7 heteroatoms. The zero-order valence-corrected chi connectivity index (χ0v) is 10.7. The summed E-state index contributed by atoms with van der Waals surface area (Å²) in [6, 6.07) is 0. The standard InChI is InChI=1S/C8H11N3OS3/c1-3-4-9-6(12)5-14-8-11-10-7(13-2)15-8/h3H,1,4-5H2,2H3,(H,9,12). The molecule has 0 bridgehead atoms. The summed E-state index contributed by atoms with van der Waals surface area (Å²) >= 11 is 4.46. The lowest BCUT2D eigenvalue weighted by Crippen LogP contribution is -2.24. The van der Waals surface area contributed by atoms with Crippen LogP contribution in [-0.2, 0) is 4.79 Å². The Kier molecular flexibility index (Phi) is 5.74. The van der Waals surface area contributed by atoms with E-state index in [2.05, 4.69) is 22.1 Å². The molecular formula is C8H11N3OS3. The average Bonchev–Trinajstić information content (AvgIpc) is 2.71. The Hall–Kier alpha value is -0.530. The number of carbonyl (C=O) groups excluding carboxylic acids is 1. The van der Waals surface area contributed by atoms with Gasteiger partial charge in [-0.15, -0.1) is 16.8 Å². The quantitative estimate of drug-likeness (QED) is 0.623. The van der Waals surface area contributed by atoms with Gasteiger partial charge in [-0.1, -0.05) is 40.9 Å². The molecule has 1 amide bonds. The summed E-state index contributed by atoms with van der Waals surface area (Å²) in [5, 5.41) is 10.6. The smallest absolute Gasteiger partial charge is 0.230 e. The van der Waals surface area contributed by atoms with Crippen molar-refractivity contribution < 1.29 is 4.79 Å². The predicted octanol–water partition coefficient (Wildman–Crippen LogP) is 1.65. The van der Waals surface area contributed by atoms with E-state index in [9.17, 15) is 4.79 Å². The molecule has 0 spiro atoms. The van der Waals surface area contributed by atoms with Gasteiger partial charge in [0, 0.05) is 6.54 Å². The monoisotopic (exact) mass is 261 g/mol. The maximum atomic E-state index is 11.2. The fraction of sp³-hybridized carbons (Fsp3) is 0.375. The van der Waals surface area contributed by atoms with E-state index >= 15 is 0 Å². The average molecular weight is 261 g/mol. The molecule has 0 saturated carbocycles. The van der Waals surface area contributed by atoms with Gasteiger partial charge in [0.25, 0.3) is 0 Å². The molecular weight excluding hydrogens is 250 g/mol. The van der Waals surface area contributed by atoms with Crippen LogP contribution in [0.2, 0.25) is 0 Å². The summed E-state index contributed by atoms with van der Waals surface area (Å²) < 4.78 is 1.75. The van der Waals surface area contributed by atoms with E-state index in [1.807, 2.05) is 6.26 Å².